The SMILES string of the molecule is CCNC(=O)C(CC)N(Cc1ccc(Cl)cc1Cl)C(=O)CN(c1ccc(F)cc1)S(C)(=O)=O. The van der Waals surface area contributed by atoms with Crippen LogP contribution in [-0.2, 0) is 26.2 Å². The third-order valence-corrected chi connectivity index (χ3v) is 6.61. The highest BCUT2D eigenvalue weighted by Crippen LogP contribution is 2.25. The van der Waals surface area contributed by atoms with Gasteiger partial charge in [-0.3, -0.25) is 13.9 Å². The number of benzene rings is 2. The van der Waals surface area contributed by atoms with E-state index in [-0.39, 0.29) is 24.6 Å². The van der Waals surface area contributed by atoms with Crippen LogP contribution in [-0.4, -0.2) is 50.5 Å². The standard InChI is InChI=1S/C22H26Cl2FN3O4S/c1-4-20(22(30)26-5-2)27(13-15-6-7-16(23)12-19(15)24)21(29)14-28(33(3,31)32)18-10-8-17(25)9-11-18/h6-12,20H,4-5,13-14H2,1-3H3,(H,26,30). The number of rotatable bonds is 10. The Bertz CT molecular complexity index is 1100. The third-order valence-electron chi connectivity index (χ3n) is 4.89. The van der Waals surface area contributed by atoms with E-state index >= 15 is 0 Å². The molecule has 0 aliphatic rings. The maximum atomic E-state index is 13.4. The summed E-state index contributed by atoms with van der Waals surface area (Å²) in [6, 6.07) is 8.66. The van der Waals surface area contributed by atoms with Gasteiger partial charge < -0.3 is 10.2 Å². The topological polar surface area (TPSA) is 86.8 Å². The molecule has 0 saturated heterocycles. The molecule has 0 aliphatic heterocycles. The second kappa shape index (κ2) is 11.7. The largest absolute Gasteiger partial charge is 0.355 e. The van der Waals surface area contributed by atoms with Crippen molar-refractivity contribution in [2.45, 2.75) is 32.9 Å². The van der Waals surface area contributed by atoms with Crippen LogP contribution in [0.25, 0.3) is 0 Å². The zero-order chi connectivity index (χ0) is 24.8. The number of hydrogen-bond acceptors (Lipinski definition) is 4. The fourth-order valence-corrected chi connectivity index (χ4v) is 4.58. The Kier molecular flexibility index (Phi) is 9.51. The number of anilines is 1. The summed E-state index contributed by atoms with van der Waals surface area (Å²) in [5, 5.41) is 3.43. The number of sulfonamides is 1. The van der Waals surface area contributed by atoms with Gasteiger partial charge in [-0.15, -0.1) is 0 Å². The van der Waals surface area contributed by atoms with Crippen molar-refractivity contribution in [3.05, 3.63) is 63.9 Å². The van der Waals surface area contributed by atoms with Gasteiger partial charge in [-0.25, -0.2) is 12.8 Å². The molecule has 0 saturated carbocycles. The van der Waals surface area contributed by atoms with E-state index in [2.05, 4.69) is 5.32 Å². The molecule has 33 heavy (non-hydrogen) atoms. The third kappa shape index (κ3) is 7.31. The molecule has 1 N–H and O–H groups in total. The number of amides is 2. The molecular weight excluding hydrogens is 492 g/mol. The summed E-state index contributed by atoms with van der Waals surface area (Å²) in [5.74, 6) is -1.53. The molecule has 0 spiro atoms. The molecule has 2 aromatic carbocycles. The van der Waals surface area contributed by atoms with E-state index in [0.29, 0.717) is 22.2 Å². The number of halogens is 3. The van der Waals surface area contributed by atoms with Gasteiger partial charge in [0.1, 0.15) is 18.4 Å². The van der Waals surface area contributed by atoms with Gasteiger partial charge in [-0.1, -0.05) is 36.2 Å². The molecule has 2 amide bonds. The van der Waals surface area contributed by atoms with Gasteiger partial charge in [0.25, 0.3) is 0 Å². The van der Waals surface area contributed by atoms with E-state index in [9.17, 15) is 22.4 Å². The van der Waals surface area contributed by atoms with Crippen LogP contribution >= 0.6 is 23.2 Å². The van der Waals surface area contributed by atoms with Gasteiger partial charge in [0, 0.05) is 23.1 Å². The molecule has 0 aliphatic carbocycles. The average Bonchev–Trinajstić information content (AvgIpc) is 2.73. The molecule has 0 aromatic heterocycles. The van der Waals surface area contributed by atoms with Crippen LogP contribution in [0.5, 0.6) is 0 Å². The predicted molar refractivity (Wildman–Crippen MR) is 128 cm³/mol. The lowest BCUT2D eigenvalue weighted by atomic mass is 10.1. The van der Waals surface area contributed by atoms with Crippen LogP contribution < -0.4 is 9.62 Å². The normalized spacial score (nSPS) is 12.2. The van der Waals surface area contributed by atoms with E-state index in [1.807, 2.05) is 0 Å². The van der Waals surface area contributed by atoms with Crippen molar-refractivity contribution in [2.75, 3.05) is 23.7 Å². The fraction of sp³-hybridized carbons (Fsp3) is 0.364. The molecule has 11 heteroatoms. The first-order valence-corrected chi connectivity index (χ1v) is 12.8. The van der Waals surface area contributed by atoms with E-state index in [0.717, 1.165) is 22.7 Å². The van der Waals surface area contributed by atoms with Gasteiger partial charge in [-0.2, -0.15) is 0 Å². The minimum Gasteiger partial charge on any atom is -0.355 e. The smallest absolute Gasteiger partial charge is 0.244 e. The maximum Gasteiger partial charge on any atom is 0.244 e. The summed E-state index contributed by atoms with van der Waals surface area (Å²) in [4.78, 5) is 27.4. The molecule has 0 radical (unpaired) electrons. The Morgan fingerprint density at radius 1 is 1.09 bits per heavy atom. The summed E-state index contributed by atoms with van der Waals surface area (Å²) >= 11 is 12.3. The lowest BCUT2D eigenvalue weighted by Crippen LogP contribution is -2.52. The van der Waals surface area contributed by atoms with Crippen molar-refractivity contribution in [2.24, 2.45) is 0 Å². The van der Waals surface area contributed by atoms with Gasteiger partial charge in [-0.05, 0) is 55.3 Å². The molecule has 0 fully saturated rings. The van der Waals surface area contributed by atoms with Crippen molar-refractivity contribution >= 4 is 50.7 Å². The number of nitrogens with one attached hydrogen (secondary N) is 1. The Labute approximate surface area is 203 Å². The Hall–Kier alpha value is -2.36. The second-order valence-corrected chi connectivity index (χ2v) is 10.1. The highest BCUT2D eigenvalue weighted by atomic mass is 35.5. The molecule has 7 nitrogen and oxygen atoms in total. The van der Waals surface area contributed by atoms with Crippen molar-refractivity contribution in [3.8, 4) is 0 Å². The molecular formula is C22H26Cl2FN3O4S. The average molecular weight is 518 g/mol. The first-order valence-electron chi connectivity index (χ1n) is 10.2. The Morgan fingerprint density at radius 2 is 1.73 bits per heavy atom. The zero-order valence-electron chi connectivity index (χ0n) is 18.5. The van der Waals surface area contributed by atoms with Gasteiger partial charge in [0.15, 0.2) is 0 Å². The molecule has 2 rings (SSSR count). The van der Waals surface area contributed by atoms with Crippen LogP contribution in [0.3, 0.4) is 0 Å². The Balaban J connectivity index is 2.45. The van der Waals surface area contributed by atoms with E-state index in [1.165, 1.54) is 23.1 Å². The van der Waals surface area contributed by atoms with E-state index < -0.39 is 34.3 Å². The fourth-order valence-electron chi connectivity index (χ4n) is 3.27. The number of likely N-dealkylation sites (N-methyl/N-ethyl adjacent to an activating group) is 1. The van der Waals surface area contributed by atoms with E-state index in [4.69, 9.17) is 23.2 Å². The number of carbonyl (C=O) groups excluding carboxylic acids is 2. The van der Waals surface area contributed by atoms with Crippen LogP contribution in [0.1, 0.15) is 25.8 Å². The number of carbonyl (C=O) groups is 2. The van der Waals surface area contributed by atoms with Crippen LogP contribution in [0, 0.1) is 5.82 Å². The molecule has 1 unspecified atom stereocenters. The first-order chi connectivity index (χ1) is 15.5. The summed E-state index contributed by atoms with van der Waals surface area (Å²) in [5.41, 5.74) is 0.674. The minimum atomic E-state index is -3.89. The van der Waals surface area contributed by atoms with Crippen LogP contribution in [0.15, 0.2) is 42.5 Å². The Morgan fingerprint density at radius 3 is 2.24 bits per heavy atom. The van der Waals surface area contributed by atoms with Gasteiger partial charge >= 0.3 is 0 Å². The first kappa shape index (κ1) is 26.9. The molecule has 0 heterocycles. The molecule has 2 aromatic rings. The number of hydrogen-bond donors (Lipinski definition) is 1. The lowest BCUT2D eigenvalue weighted by molar-refractivity contribution is -0.140. The summed E-state index contributed by atoms with van der Waals surface area (Å²) < 4.78 is 39.1. The zero-order valence-corrected chi connectivity index (χ0v) is 20.8. The summed E-state index contributed by atoms with van der Waals surface area (Å²) in [6.45, 7) is 3.26. The maximum absolute atomic E-state index is 13.4. The van der Waals surface area contributed by atoms with Crippen molar-refractivity contribution < 1.29 is 22.4 Å². The molecule has 180 valence electrons. The second-order valence-electron chi connectivity index (χ2n) is 7.32. The predicted octanol–water partition coefficient (Wildman–Crippen LogP) is 3.84. The quantitative estimate of drug-likeness (QED) is 0.518. The van der Waals surface area contributed by atoms with Gasteiger partial charge in [0.2, 0.25) is 21.8 Å². The minimum absolute atomic E-state index is 0.0362. The van der Waals surface area contributed by atoms with Crippen molar-refractivity contribution in [1.82, 2.24) is 10.2 Å². The van der Waals surface area contributed by atoms with Crippen LogP contribution in [0.4, 0.5) is 10.1 Å². The van der Waals surface area contributed by atoms with Crippen molar-refractivity contribution in [3.63, 3.8) is 0 Å². The lowest BCUT2D eigenvalue weighted by Gasteiger charge is -2.33. The summed E-state index contributed by atoms with van der Waals surface area (Å²) in [6.07, 6.45) is 1.24. The number of nitrogens with zero attached hydrogens (tertiary/aromatic N) is 2. The molecule has 0 bridgehead atoms. The highest BCUT2D eigenvalue weighted by molar-refractivity contribution is 7.92. The summed E-state index contributed by atoms with van der Waals surface area (Å²) in [7, 11) is -3.89. The van der Waals surface area contributed by atoms with Crippen molar-refractivity contribution in [1.29, 1.82) is 0 Å². The van der Waals surface area contributed by atoms with Gasteiger partial charge in [0.05, 0.1) is 11.9 Å². The highest BCUT2D eigenvalue weighted by Gasteiger charge is 2.31. The van der Waals surface area contributed by atoms with Crippen LogP contribution in [0.2, 0.25) is 10.0 Å². The monoisotopic (exact) mass is 517 g/mol. The molecule has 1 atom stereocenters. The van der Waals surface area contributed by atoms with E-state index in [1.54, 1.807) is 26.0 Å².